The molecule has 2 aliphatic carbocycles. The number of aliphatic carboxylic acids is 1. The summed E-state index contributed by atoms with van der Waals surface area (Å²) in [5.74, 6) is -1.91. The third-order valence-electron chi connectivity index (χ3n) is 5.31. The average molecular weight is 439 g/mol. The van der Waals surface area contributed by atoms with Crippen molar-refractivity contribution in [3.05, 3.63) is 46.0 Å². The predicted octanol–water partition coefficient (Wildman–Crippen LogP) is 4.25. The van der Waals surface area contributed by atoms with E-state index in [2.05, 4.69) is 6.58 Å². The lowest BCUT2D eigenvalue weighted by atomic mass is 9.73. The highest BCUT2D eigenvalue weighted by Crippen LogP contribution is 2.56. The van der Waals surface area contributed by atoms with Crippen LogP contribution in [0.3, 0.4) is 0 Å². The molecule has 0 bridgehead atoms. The molecule has 154 valence electrons. The molecule has 0 aromatic heterocycles. The molecule has 1 unspecified atom stereocenters. The standard InChI is InChI=1S/C21H20Cl2O6/c1-4-21-6-5-12(24)8-13(21)16-11(9-21)7-14(17(22)18(16)23)28-10-15(25)29-20(2,3)19(26)27/h4,7-8H,1,5-6,9-10H2,2-3H3,(H,26,27). The number of carboxylic acids is 1. The van der Waals surface area contributed by atoms with Crippen LogP contribution in [0.25, 0.3) is 5.57 Å². The lowest BCUT2D eigenvalue weighted by Crippen LogP contribution is -2.38. The molecule has 0 saturated heterocycles. The molecule has 3 rings (SSSR count). The van der Waals surface area contributed by atoms with Crippen molar-refractivity contribution >= 4 is 46.5 Å². The van der Waals surface area contributed by atoms with Gasteiger partial charge in [-0.15, -0.1) is 6.58 Å². The topological polar surface area (TPSA) is 89.9 Å². The quantitative estimate of drug-likeness (QED) is 0.527. The Morgan fingerprint density at radius 3 is 2.66 bits per heavy atom. The van der Waals surface area contributed by atoms with Gasteiger partial charge in [0.1, 0.15) is 10.8 Å². The number of halogens is 2. The normalized spacial score (nSPS) is 20.4. The molecule has 1 atom stereocenters. The van der Waals surface area contributed by atoms with Crippen LogP contribution < -0.4 is 4.74 Å². The van der Waals surface area contributed by atoms with Crippen LogP contribution in [-0.2, 0) is 25.5 Å². The monoisotopic (exact) mass is 438 g/mol. The Hall–Kier alpha value is -2.31. The van der Waals surface area contributed by atoms with Crippen molar-refractivity contribution < 1.29 is 29.0 Å². The van der Waals surface area contributed by atoms with Gasteiger partial charge in [-0.05, 0) is 50.0 Å². The van der Waals surface area contributed by atoms with Gasteiger partial charge >= 0.3 is 11.9 Å². The van der Waals surface area contributed by atoms with E-state index in [9.17, 15) is 14.4 Å². The summed E-state index contributed by atoms with van der Waals surface area (Å²) in [7, 11) is 0. The number of rotatable bonds is 6. The third kappa shape index (κ3) is 3.79. The Morgan fingerprint density at radius 2 is 2.03 bits per heavy atom. The van der Waals surface area contributed by atoms with Crippen molar-refractivity contribution in [1.82, 2.24) is 0 Å². The van der Waals surface area contributed by atoms with E-state index in [1.54, 1.807) is 12.1 Å². The van der Waals surface area contributed by atoms with Gasteiger partial charge in [0.05, 0.1) is 5.02 Å². The summed E-state index contributed by atoms with van der Waals surface area (Å²) in [4.78, 5) is 35.0. The van der Waals surface area contributed by atoms with Crippen LogP contribution in [-0.4, -0.2) is 35.0 Å². The molecule has 0 saturated carbocycles. The Morgan fingerprint density at radius 1 is 1.34 bits per heavy atom. The summed E-state index contributed by atoms with van der Waals surface area (Å²) < 4.78 is 10.4. The van der Waals surface area contributed by atoms with E-state index in [1.165, 1.54) is 13.8 Å². The molecule has 0 aliphatic heterocycles. The minimum absolute atomic E-state index is 0.0293. The molecule has 1 N–H and O–H groups in total. The highest BCUT2D eigenvalue weighted by Gasteiger charge is 2.44. The fraction of sp³-hybridized carbons (Fsp3) is 0.381. The van der Waals surface area contributed by atoms with E-state index in [-0.39, 0.29) is 27.0 Å². The second kappa shape index (κ2) is 7.50. The van der Waals surface area contributed by atoms with Crippen molar-refractivity contribution in [3.63, 3.8) is 0 Å². The summed E-state index contributed by atoms with van der Waals surface area (Å²) in [5.41, 5.74) is 0.290. The zero-order valence-corrected chi connectivity index (χ0v) is 17.5. The maximum atomic E-state index is 12.0. The van der Waals surface area contributed by atoms with Crippen LogP contribution in [0.1, 0.15) is 37.8 Å². The van der Waals surface area contributed by atoms with Crippen LogP contribution in [0.2, 0.25) is 10.0 Å². The fourth-order valence-electron chi connectivity index (χ4n) is 3.67. The van der Waals surface area contributed by atoms with Crippen LogP contribution >= 0.6 is 23.2 Å². The summed E-state index contributed by atoms with van der Waals surface area (Å²) in [5, 5.41) is 9.38. The fourth-order valence-corrected chi connectivity index (χ4v) is 4.19. The van der Waals surface area contributed by atoms with Crippen molar-refractivity contribution in [2.75, 3.05) is 6.61 Å². The van der Waals surface area contributed by atoms with Crippen molar-refractivity contribution in [1.29, 1.82) is 0 Å². The number of benzene rings is 1. The van der Waals surface area contributed by atoms with Crippen LogP contribution in [0, 0.1) is 5.41 Å². The first-order valence-electron chi connectivity index (χ1n) is 8.98. The molecule has 0 amide bonds. The van der Waals surface area contributed by atoms with Crippen LogP contribution in [0.4, 0.5) is 0 Å². The third-order valence-corrected chi connectivity index (χ3v) is 6.16. The van der Waals surface area contributed by atoms with Gasteiger partial charge in [0.25, 0.3) is 0 Å². The molecule has 8 heteroatoms. The van der Waals surface area contributed by atoms with Crippen molar-refractivity contribution in [3.8, 4) is 5.75 Å². The predicted molar refractivity (Wildman–Crippen MR) is 108 cm³/mol. The van der Waals surface area contributed by atoms with Gasteiger partial charge < -0.3 is 14.6 Å². The SMILES string of the molecule is C=CC12CCC(=O)C=C1c1c(cc(OCC(=O)OC(C)(C)C(=O)O)c(Cl)c1Cl)C2. The lowest BCUT2D eigenvalue weighted by molar-refractivity contribution is -0.175. The second-order valence-electron chi connectivity index (χ2n) is 7.68. The molecule has 1 aromatic rings. The van der Waals surface area contributed by atoms with Crippen molar-refractivity contribution in [2.24, 2.45) is 5.41 Å². The summed E-state index contributed by atoms with van der Waals surface area (Å²) in [6.45, 7) is 5.93. The van der Waals surface area contributed by atoms with Gasteiger partial charge in [0.15, 0.2) is 12.4 Å². The van der Waals surface area contributed by atoms with E-state index in [1.807, 2.05) is 6.08 Å². The Bertz CT molecular complexity index is 962. The Labute approximate surface area is 178 Å². The number of ether oxygens (including phenoxy) is 2. The molecule has 29 heavy (non-hydrogen) atoms. The maximum Gasteiger partial charge on any atom is 0.347 e. The zero-order valence-electron chi connectivity index (χ0n) is 16.0. The van der Waals surface area contributed by atoms with E-state index >= 15 is 0 Å². The summed E-state index contributed by atoms with van der Waals surface area (Å²) >= 11 is 12.9. The van der Waals surface area contributed by atoms with E-state index in [4.69, 9.17) is 37.8 Å². The van der Waals surface area contributed by atoms with Crippen LogP contribution in [0.5, 0.6) is 5.75 Å². The number of fused-ring (bicyclic) bond motifs is 3. The zero-order chi connectivity index (χ0) is 21.6. The minimum atomic E-state index is -1.68. The number of allylic oxidation sites excluding steroid dienone is 3. The van der Waals surface area contributed by atoms with Gasteiger partial charge in [0, 0.05) is 17.4 Å². The number of carbonyl (C=O) groups is 3. The van der Waals surface area contributed by atoms with Gasteiger partial charge in [-0.25, -0.2) is 9.59 Å². The molecule has 6 nitrogen and oxygen atoms in total. The van der Waals surface area contributed by atoms with E-state index in [0.29, 0.717) is 24.8 Å². The van der Waals surface area contributed by atoms with Gasteiger partial charge in [-0.3, -0.25) is 4.79 Å². The van der Waals surface area contributed by atoms with Crippen molar-refractivity contribution in [2.45, 2.75) is 38.7 Å². The molecular formula is C21H20Cl2O6. The molecule has 0 radical (unpaired) electrons. The highest BCUT2D eigenvalue weighted by atomic mass is 35.5. The summed E-state index contributed by atoms with van der Waals surface area (Å²) in [6, 6.07) is 1.69. The number of carboxylic acid groups (broad SMARTS) is 1. The molecule has 2 aliphatic rings. The minimum Gasteiger partial charge on any atom is -0.480 e. The first kappa shape index (κ1) is 21.4. The number of carbonyl (C=O) groups excluding carboxylic acids is 2. The molecular weight excluding hydrogens is 419 g/mol. The van der Waals surface area contributed by atoms with Gasteiger partial charge in [0.2, 0.25) is 5.60 Å². The lowest BCUT2D eigenvalue weighted by Gasteiger charge is -2.30. The largest absolute Gasteiger partial charge is 0.480 e. The highest BCUT2D eigenvalue weighted by molar-refractivity contribution is 6.44. The number of esters is 1. The first-order valence-corrected chi connectivity index (χ1v) is 9.74. The number of ketones is 1. The smallest absolute Gasteiger partial charge is 0.347 e. The first-order chi connectivity index (χ1) is 13.5. The van der Waals surface area contributed by atoms with E-state index < -0.39 is 24.1 Å². The number of hydrogen-bond acceptors (Lipinski definition) is 5. The van der Waals surface area contributed by atoms with Gasteiger partial charge in [-0.1, -0.05) is 29.3 Å². The molecule has 1 aromatic carbocycles. The Kier molecular flexibility index (Phi) is 5.54. The molecule has 0 fully saturated rings. The number of hydrogen-bond donors (Lipinski definition) is 1. The second-order valence-corrected chi connectivity index (χ2v) is 8.43. The Balaban J connectivity index is 1.87. The summed E-state index contributed by atoms with van der Waals surface area (Å²) in [6.07, 6.45) is 5.10. The average Bonchev–Trinajstić information content (AvgIpc) is 2.97. The van der Waals surface area contributed by atoms with Gasteiger partial charge in [-0.2, -0.15) is 0 Å². The maximum absolute atomic E-state index is 12.0. The molecule has 0 heterocycles. The molecule has 0 spiro atoms. The van der Waals surface area contributed by atoms with Crippen LogP contribution in [0.15, 0.2) is 24.8 Å². The van der Waals surface area contributed by atoms with E-state index in [0.717, 1.165) is 11.1 Å².